The van der Waals surface area contributed by atoms with E-state index in [1.807, 2.05) is 12.4 Å². The summed E-state index contributed by atoms with van der Waals surface area (Å²) in [5.74, 6) is 1.48. The van der Waals surface area contributed by atoms with Crippen LogP contribution in [-0.2, 0) is 0 Å². The van der Waals surface area contributed by atoms with Gasteiger partial charge in [0.2, 0.25) is 0 Å². The summed E-state index contributed by atoms with van der Waals surface area (Å²) in [5, 5.41) is 0. The number of hydrogen-bond acceptors (Lipinski definition) is 1. The molecule has 1 heterocycles. The highest BCUT2D eigenvalue weighted by Crippen LogP contribution is 2.21. The lowest BCUT2D eigenvalue weighted by Crippen LogP contribution is -1.96. The second-order valence-electron chi connectivity index (χ2n) is 4.15. The normalized spacial score (nSPS) is 13.2. The van der Waals surface area contributed by atoms with Crippen molar-refractivity contribution in [3.63, 3.8) is 0 Å². The Hall–Kier alpha value is -0.850. The van der Waals surface area contributed by atoms with Crippen molar-refractivity contribution in [3.8, 4) is 0 Å². The van der Waals surface area contributed by atoms with Crippen molar-refractivity contribution in [3.05, 3.63) is 30.1 Å². The molecule has 1 nitrogen and oxygen atoms in total. The molecule has 0 aliphatic heterocycles. The Balaban J connectivity index is 2.44. The van der Waals surface area contributed by atoms with E-state index in [1.165, 1.54) is 18.4 Å². The summed E-state index contributed by atoms with van der Waals surface area (Å²) in [5.41, 5.74) is 1.41. The third-order valence-electron chi connectivity index (χ3n) is 2.45. The zero-order valence-corrected chi connectivity index (χ0v) is 8.83. The maximum Gasteiger partial charge on any atom is 0.0270 e. The minimum atomic E-state index is 0.672. The fourth-order valence-electron chi connectivity index (χ4n) is 1.44. The highest BCUT2D eigenvalue weighted by Gasteiger charge is 2.05. The van der Waals surface area contributed by atoms with Crippen LogP contribution in [0.4, 0.5) is 0 Å². The second kappa shape index (κ2) is 5.00. The van der Waals surface area contributed by atoms with E-state index in [0.717, 1.165) is 5.92 Å². The van der Waals surface area contributed by atoms with Crippen LogP contribution in [0, 0.1) is 5.92 Å². The number of rotatable bonds is 4. The number of hydrogen-bond donors (Lipinski definition) is 0. The molecule has 1 rings (SSSR count). The van der Waals surface area contributed by atoms with Crippen LogP contribution in [-0.4, -0.2) is 4.98 Å². The van der Waals surface area contributed by atoms with Crippen LogP contribution >= 0.6 is 0 Å². The van der Waals surface area contributed by atoms with E-state index in [-0.39, 0.29) is 0 Å². The summed E-state index contributed by atoms with van der Waals surface area (Å²) in [6, 6.07) is 4.23. The first-order chi connectivity index (χ1) is 6.20. The van der Waals surface area contributed by atoms with Crippen molar-refractivity contribution in [2.45, 2.75) is 39.5 Å². The lowest BCUT2D eigenvalue weighted by molar-refractivity contribution is 0.517. The average Bonchev–Trinajstić information content (AvgIpc) is 2.15. The van der Waals surface area contributed by atoms with E-state index in [0.29, 0.717) is 5.92 Å². The highest BCUT2D eigenvalue weighted by molar-refractivity contribution is 5.14. The molecule has 0 aromatic carbocycles. The van der Waals surface area contributed by atoms with E-state index < -0.39 is 0 Å². The van der Waals surface area contributed by atoms with Gasteiger partial charge in [0.25, 0.3) is 0 Å². The molecular weight excluding hydrogens is 158 g/mol. The molecule has 1 aromatic rings. The molecular formula is C12H19N. The van der Waals surface area contributed by atoms with Gasteiger partial charge in [0.1, 0.15) is 0 Å². The molecule has 0 N–H and O–H groups in total. The van der Waals surface area contributed by atoms with Crippen LogP contribution in [0.2, 0.25) is 0 Å². The fourth-order valence-corrected chi connectivity index (χ4v) is 1.44. The lowest BCUT2D eigenvalue weighted by atomic mass is 9.94. The van der Waals surface area contributed by atoms with Gasteiger partial charge in [-0.3, -0.25) is 4.98 Å². The fraction of sp³-hybridized carbons (Fsp3) is 0.583. The molecule has 0 amide bonds. The van der Waals surface area contributed by atoms with Gasteiger partial charge in [-0.05, 0) is 36.0 Å². The maximum atomic E-state index is 4.02. The van der Waals surface area contributed by atoms with Gasteiger partial charge in [0, 0.05) is 12.4 Å². The lowest BCUT2D eigenvalue weighted by Gasteiger charge is -2.12. The van der Waals surface area contributed by atoms with Crippen molar-refractivity contribution < 1.29 is 0 Å². The Morgan fingerprint density at radius 3 is 2.23 bits per heavy atom. The number of aromatic nitrogens is 1. The van der Waals surface area contributed by atoms with Gasteiger partial charge in [-0.2, -0.15) is 0 Å². The predicted octanol–water partition coefficient (Wildman–Crippen LogP) is 3.62. The first kappa shape index (κ1) is 10.2. The third kappa shape index (κ3) is 3.58. The molecule has 1 aromatic heterocycles. The van der Waals surface area contributed by atoms with Crippen molar-refractivity contribution in [1.29, 1.82) is 0 Å². The Kier molecular flexibility index (Phi) is 3.94. The molecule has 0 saturated heterocycles. The molecule has 13 heavy (non-hydrogen) atoms. The van der Waals surface area contributed by atoms with Gasteiger partial charge in [0.05, 0.1) is 0 Å². The van der Waals surface area contributed by atoms with E-state index in [2.05, 4.69) is 37.9 Å². The van der Waals surface area contributed by atoms with E-state index in [4.69, 9.17) is 0 Å². The average molecular weight is 177 g/mol. The molecule has 72 valence electrons. The minimum Gasteiger partial charge on any atom is -0.265 e. The van der Waals surface area contributed by atoms with Crippen molar-refractivity contribution in [2.75, 3.05) is 0 Å². The Morgan fingerprint density at radius 1 is 1.08 bits per heavy atom. The largest absolute Gasteiger partial charge is 0.265 e. The van der Waals surface area contributed by atoms with Gasteiger partial charge in [-0.15, -0.1) is 0 Å². The van der Waals surface area contributed by atoms with Crippen LogP contribution in [0.1, 0.15) is 45.1 Å². The monoisotopic (exact) mass is 177 g/mol. The van der Waals surface area contributed by atoms with Gasteiger partial charge in [-0.25, -0.2) is 0 Å². The highest BCUT2D eigenvalue weighted by atomic mass is 14.6. The van der Waals surface area contributed by atoms with Crippen molar-refractivity contribution >= 4 is 0 Å². The zero-order chi connectivity index (χ0) is 9.68. The molecule has 1 unspecified atom stereocenters. The third-order valence-corrected chi connectivity index (χ3v) is 2.45. The van der Waals surface area contributed by atoms with Crippen LogP contribution in [0.25, 0.3) is 0 Å². The number of nitrogens with zero attached hydrogens (tertiary/aromatic N) is 1. The predicted molar refractivity (Wildman–Crippen MR) is 56.7 cm³/mol. The topological polar surface area (TPSA) is 12.9 Å². The molecule has 0 aliphatic rings. The van der Waals surface area contributed by atoms with E-state index in [9.17, 15) is 0 Å². The maximum absolute atomic E-state index is 4.02. The van der Waals surface area contributed by atoms with E-state index >= 15 is 0 Å². The summed E-state index contributed by atoms with van der Waals surface area (Å²) >= 11 is 0. The van der Waals surface area contributed by atoms with Crippen LogP contribution in [0.3, 0.4) is 0 Å². The standard InChI is InChI=1S/C12H19N/c1-10(2)4-5-11(3)12-6-8-13-9-7-12/h6-11H,4-5H2,1-3H3. The summed E-state index contributed by atoms with van der Waals surface area (Å²) in [6.07, 6.45) is 6.34. The van der Waals surface area contributed by atoms with Gasteiger partial charge in [-0.1, -0.05) is 27.2 Å². The molecule has 1 heteroatoms. The quantitative estimate of drug-likeness (QED) is 0.684. The number of pyridine rings is 1. The smallest absolute Gasteiger partial charge is 0.0270 e. The summed E-state index contributed by atoms with van der Waals surface area (Å²) in [7, 11) is 0. The summed E-state index contributed by atoms with van der Waals surface area (Å²) < 4.78 is 0. The second-order valence-corrected chi connectivity index (χ2v) is 4.15. The van der Waals surface area contributed by atoms with Gasteiger partial charge >= 0.3 is 0 Å². The molecule has 0 saturated carbocycles. The molecule has 1 atom stereocenters. The first-order valence-electron chi connectivity index (χ1n) is 5.10. The summed E-state index contributed by atoms with van der Waals surface area (Å²) in [4.78, 5) is 4.02. The zero-order valence-electron chi connectivity index (χ0n) is 8.83. The van der Waals surface area contributed by atoms with Crippen LogP contribution in [0.15, 0.2) is 24.5 Å². The Labute approximate surface area is 81.2 Å². The van der Waals surface area contributed by atoms with Crippen LogP contribution < -0.4 is 0 Å². The van der Waals surface area contributed by atoms with Crippen LogP contribution in [0.5, 0.6) is 0 Å². The summed E-state index contributed by atoms with van der Waals surface area (Å²) in [6.45, 7) is 6.84. The van der Waals surface area contributed by atoms with Gasteiger partial charge < -0.3 is 0 Å². The van der Waals surface area contributed by atoms with Crippen molar-refractivity contribution in [1.82, 2.24) is 4.98 Å². The molecule has 0 aliphatic carbocycles. The molecule has 0 spiro atoms. The molecule has 0 radical (unpaired) electrons. The van der Waals surface area contributed by atoms with Crippen molar-refractivity contribution in [2.24, 2.45) is 5.92 Å². The molecule has 0 fully saturated rings. The SMILES string of the molecule is CC(C)CCC(C)c1ccncc1. The van der Waals surface area contributed by atoms with Gasteiger partial charge in [0.15, 0.2) is 0 Å². The first-order valence-corrected chi connectivity index (χ1v) is 5.10. The molecule has 0 bridgehead atoms. The van der Waals surface area contributed by atoms with E-state index in [1.54, 1.807) is 0 Å². The minimum absolute atomic E-state index is 0.672. The Morgan fingerprint density at radius 2 is 1.69 bits per heavy atom. The Bertz CT molecular complexity index is 228.